The summed E-state index contributed by atoms with van der Waals surface area (Å²) in [4.78, 5) is 0. The average molecular weight is 245 g/mol. The van der Waals surface area contributed by atoms with E-state index in [1.54, 1.807) is 6.21 Å². The number of nitrogens with one attached hydrogen (secondary N) is 1. The van der Waals surface area contributed by atoms with Gasteiger partial charge in [-0.3, -0.25) is 5.43 Å². The lowest BCUT2D eigenvalue weighted by Crippen LogP contribution is -2.05. The van der Waals surface area contributed by atoms with Gasteiger partial charge in [0, 0.05) is 17.7 Å². The van der Waals surface area contributed by atoms with Gasteiger partial charge in [-0.25, -0.2) is 0 Å². The topological polar surface area (TPSA) is 24.4 Å². The molecule has 0 aliphatic heterocycles. The van der Waals surface area contributed by atoms with Gasteiger partial charge in [-0.1, -0.05) is 41.5 Å². The molecular weight excluding hydrogens is 232 g/mol. The lowest BCUT2D eigenvalue weighted by Gasteiger charge is -1.96. The van der Waals surface area contributed by atoms with Gasteiger partial charge in [0.15, 0.2) is 0 Å². The molecule has 0 fully saturated rings. The predicted molar refractivity (Wildman–Crippen MR) is 72.9 cm³/mol. The van der Waals surface area contributed by atoms with Gasteiger partial charge in [0.05, 0.1) is 13.0 Å². The summed E-state index contributed by atoms with van der Waals surface area (Å²) in [5, 5.41) is 4.77. The summed E-state index contributed by atoms with van der Waals surface area (Å²) in [6.07, 6.45) is 8.10. The van der Waals surface area contributed by atoms with Crippen molar-refractivity contribution in [3.63, 3.8) is 0 Å². The van der Waals surface area contributed by atoms with E-state index in [4.69, 9.17) is 18.0 Å². The summed E-state index contributed by atoms with van der Waals surface area (Å²) in [5.41, 5.74) is 3.99. The molecule has 86 valence electrons. The standard InChI is InChI=1S/C14H13ClN2/c1-2-3-4-5-11-16-17-12-10-13-6-8-14(15)9-7-13/h1,6-9,12,16H,3,10-11H2/b17-12+. The minimum atomic E-state index is 0.482. The second kappa shape index (κ2) is 8.28. The monoisotopic (exact) mass is 244 g/mol. The minimum Gasteiger partial charge on any atom is -0.298 e. The van der Waals surface area contributed by atoms with E-state index >= 15 is 0 Å². The van der Waals surface area contributed by atoms with Gasteiger partial charge in [-0.2, -0.15) is 5.10 Å². The van der Waals surface area contributed by atoms with Gasteiger partial charge in [0.25, 0.3) is 0 Å². The van der Waals surface area contributed by atoms with Crippen molar-refractivity contribution >= 4 is 17.8 Å². The second-order valence-corrected chi connectivity index (χ2v) is 3.65. The fourth-order valence-corrected chi connectivity index (χ4v) is 1.22. The van der Waals surface area contributed by atoms with Gasteiger partial charge < -0.3 is 0 Å². The van der Waals surface area contributed by atoms with Crippen molar-refractivity contribution in [3.05, 3.63) is 34.9 Å². The highest BCUT2D eigenvalue weighted by Crippen LogP contribution is 2.09. The van der Waals surface area contributed by atoms with Crippen LogP contribution in [-0.4, -0.2) is 12.8 Å². The van der Waals surface area contributed by atoms with Crippen LogP contribution in [0.2, 0.25) is 5.02 Å². The molecule has 2 nitrogen and oxygen atoms in total. The zero-order valence-electron chi connectivity index (χ0n) is 9.41. The molecule has 0 saturated heterocycles. The van der Waals surface area contributed by atoms with Crippen molar-refractivity contribution in [2.75, 3.05) is 6.54 Å². The number of benzene rings is 1. The Morgan fingerprint density at radius 3 is 2.76 bits per heavy atom. The van der Waals surface area contributed by atoms with Crippen LogP contribution in [0.4, 0.5) is 0 Å². The number of nitrogens with zero attached hydrogens (tertiary/aromatic N) is 1. The van der Waals surface area contributed by atoms with E-state index in [1.807, 2.05) is 24.3 Å². The molecule has 1 aromatic carbocycles. The van der Waals surface area contributed by atoms with E-state index in [9.17, 15) is 0 Å². The zero-order chi connectivity index (χ0) is 12.3. The third-order valence-electron chi connectivity index (χ3n) is 1.91. The third kappa shape index (κ3) is 6.30. The molecule has 0 spiro atoms. The first-order valence-electron chi connectivity index (χ1n) is 5.21. The molecule has 1 rings (SSSR count). The molecule has 0 radical (unpaired) electrons. The van der Waals surface area contributed by atoms with Gasteiger partial charge in [0.2, 0.25) is 0 Å². The van der Waals surface area contributed by atoms with Gasteiger partial charge in [-0.05, 0) is 17.7 Å². The number of rotatable bonds is 4. The summed E-state index contributed by atoms with van der Waals surface area (Å²) in [7, 11) is 0. The van der Waals surface area contributed by atoms with E-state index < -0.39 is 0 Å². The molecule has 0 unspecified atom stereocenters. The quantitative estimate of drug-likeness (QED) is 0.374. The molecule has 0 bridgehead atoms. The maximum absolute atomic E-state index is 5.78. The molecule has 0 aliphatic rings. The highest BCUT2D eigenvalue weighted by Gasteiger charge is 1.89. The summed E-state index contributed by atoms with van der Waals surface area (Å²) in [6.45, 7) is 0.513. The number of halogens is 1. The average Bonchev–Trinajstić information content (AvgIpc) is 2.35. The van der Waals surface area contributed by atoms with E-state index in [0.717, 1.165) is 11.4 Å². The van der Waals surface area contributed by atoms with Crippen molar-refractivity contribution in [1.82, 2.24) is 5.43 Å². The summed E-state index contributed by atoms with van der Waals surface area (Å²) >= 11 is 5.78. The lowest BCUT2D eigenvalue weighted by molar-refractivity contribution is 0.840. The molecule has 0 amide bonds. The highest BCUT2D eigenvalue weighted by molar-refractivity contribution is 6.30. The summed E-state index contributed by atoms with van der Waals surface area (Å²) < 4.78 is 0. The Bertz CT molecular complexity index is 458. The van der Waals surface area contributed by atoms with Crippen LogP contribution in [0.15, 0.2) is 29.4 Å². The zero-order valence-corrected chi connectivity index (χ0v) is 10.2. The number of hydrogen-bond acceptors (Lipinski definition) is 2. The molecule has 0 saturated carbocycles. The predicted octanol–water partition coefficient (Wildman–Crippen LogP) is 2.48. The van der Waals surface area contributed by atoms with Crippen LogP contribution in [0.3, 0.4) is 0 Å². The van der Waals surface area contributed by atoms with Crippen molar-refractivity contribution in [1.29, 1.82) is 0 Å². The Labute approximate surface area is 107 Å². The van der Waals surface area contributed by atoms with E-state index in [1.165, 1.54) is 5.56 Å². The van der Waals surface area contributed by atoms with Gasteiger partial charge >= 0.3 is 0 Å². The highest BCUT2D eigenvalue weighted by atomic mass is 35.5. The molecule has 0 aromatic heterocycles. The lowest BCUT2D eigenvalue weighted by atomic mass is 10.2. The summed E-state index contributed by atoms with van der Waals surface area (Å²) in [5.74, 6) is 8.12. The Kier molecular flexibility index (Phi) is 6.41. The van der Waals surface area contributed by atoms with Crippen LogP contribution in [0, 0.1) is 24.2 Å². The van der Waals surface area contributed by atoms with Crippen LogP contribution >= 0.6 is 11.6 Å². The first kappa shape index (κ1) is 13.2. The fourth-order valence-electron chi connectivity index (χ4n) is 1.10. The summed E-state index contributed by atoms with van der Waals surface area (Å²) in [6, 6.07) is 7.68. The van der Waals surface area contributed by atoms with Crippen molar-refractivity contribution in [3.8, 4) is 24.2 Å². The Hall–Kier alpha value is -1.90. The Morgan fingerprint density at radius 2 is 2.06 bits per heavy atom. The first-order valence-corrected chi connectivity index (χ1v) is 5.58. The Morgan fingerprint density at radius 1 is 1.29 bits per heavy atom. The van der Waals surface area contributed by atoms with Crippen LogP contribution in [0.25, 0.3) is 0 Å². The normalized spacial score (nSPS) is 9.41. The first-order chi connectivity index (χ1) is 8.33. The van der Waals surface area contributed by atoms with E-state index in [2.05, 4.69) is 28.3 Å². The molecule has 1 N–H and O–H groups in total. The number of hydrazone groups is 1. The fraction of sp³-hybridized carbons (Fsp3) is 0.214. The second-order valence-electron chi connectivity index (χ2n) is 3.21. The minimum absolute atomic E-state index is 0.482. The molecular formula is C14H13ClN2. The molecule has 0 heterocycles. The van der Waals surface area contributed by atoms with Crippen molar-refractivity contribution in [2.45, 2.75) is 12.8 Å². The smallest absolute Gasteiger partial charge is 0.0938 e. The molecule has 17 heavy (non-hydrogen) atoms. The van der Waals surface area contributed by atoms with Crippen molar-refractivity contribution < 1.29 is 0 Å². The van der Waals surface area contributed by atoms with Crippen molar-refractivity contribution in [2.24, 2.45) is 5.10 Å². The van der Waals surface area contributed by atoms with E-state index in [-0.39, 0.29) is 0 Å². The SMILES string of the molecule is C#CCC#CCN/N=C/Cc1ccc(Cl)cc1. The maximum Gasteiger partial charge on any atom is 0.0938 e. The van der Waals surface area contributed by atoms with Crippen LogP contribution in [0.1, 0.15) is 12.0 Å². The molecule has 0 atom stereocenters. The van der Waals surface area contributed by atoms with Crippen LogP contribution < -0.4 is 5.43 Å². The Balaban J connectivity index is 2.21. The van der Waals surface area contributed by atoms with Gasteiger partial charge in [0.1, 0.15) is 0 Å². The van der Waals surface area contributed by atoms with Gasteiger partial charge in [-0.15, -0.1) is 6.42 Å². The molecule has 1 aromatic rings. The third-order valence-corrected chi connectivity index (χ3v) is 2.16. The number of hydrogen-bond donors (Lipinski definition) is 1. The maximum atomic E-state index is 5.78. The van der Waals surface area contributed by atoms with Crippen LogP contribution in [0.5, 0.6) is 0 Å². The molecule has 3 heteroatoms. The largest absolute Gasteiger partial charge is 0.298 e. The molecule has 0 aliphatic carbocycles. The van der Waals surface area contributed by atoms with Crippen LogP contribution in [-0.2, 0) is 6.42 Å². The number of terminal acetylenes is 1. The van der Waals surface area contributed by atoms with E-state index in [0.29, 0.717) is 13.0 Å².